The largest absolute Gasteiger partial charge is 0.335 e. The number of halogens is 1. The van der Waals surface area contributed by atoms with Crippen LogP contribution in [0.3, 0.4) is 0 Å². The first-order chi connectivity index (χ1) is 14.9. The van der Waals surface area contributed by atoms with E-state index in [0.717, 1.165) is 68.0 Å². The lowest BCUT2D eigenvalue weighted by Gasteiger charge is -2.40. The molecule has 1 saturated heterocycles. The summed E-state index contributed by atoms with van der Waals surface area (Å²) in [7, 11) is 0. The lowest BCUT2D eigenvalue weighted by atomic mass is 9.80. The first kappa shape index (κ1) is 20.3. The van der Waals surface area contributed by atoms with Crippen molar-refractivity contribution >= 4 is 11.6 Å². The average Bonchev–Trinajstić information content (AvgIpc) is 3.19. The van der Waals surface area contributed by atoms with Crippen molar-refractivity contribution in [2.75, 3.05) is 32.7 Å². The van der Waals surface area contributed by atoms with Crippen LogP contribution in [0.4, 0.5) is 4.39 Å². The Bertz CT molecular complexity index is 1040. The maximum Gasteiger partial charge on any atom is 0.272 e. The highest BCUT2D eigenvalue weighted by molar-refractivity contribution is 6.05. The molecule has 0 unspecified atom stereocenters. The number of carbonyl (C=O) groups excluding carboxylic acids is 1. The first-order valence-corrected chi connectivity index (χ1v) is 11.2. The molecule has 1 amide bonds. The van der Waals surface area contributed by atoms with E-state index in [4.69, 9.17) is 4.99 Å². The lowest BCUT2D eigenvalue weighted by Crippen LogP contribution is -2.50. The quantitative estimate of drug-likeness (QED) is 0.758. The maximum absolute atomic E-state index is 13.5. The Morgan fingerprint density at radius 2 is 1.97 bits per heavy atom. The van der Waals surface area contributed by atoms with E-state index in [2.05, 4.69) is 23.7 Å². The summed E-state index contributed by atoms with van der Waals surface area (Å²) in [6.07, 6.45) is 3.82. The molecule has 0 atom stereocenters. The Balaban J connectivity index is 1.18. The first-order valence-electron chi connectivity index (χ1n) is 11.2. The molecule has 0 aliphatic carbocycles. The summed E-state index contributed by atoms with van der Waals surface area (Å²) >= 11 is 0. The Morgan fingerprint density at radius 3 is 2.77 bits per heavy atom. The maximum atomic E-state index is 13.5. The summed E-state index contributed by atoms with van der Waals surface area (Å²) < 4.78 is 13.5. The third kappa shape index (κ3) is 3.78. The van der Waals surface area contributed by atoms with Crippen LogP contribution in [0.1, 0.15) is 53.9 Å². The van der Waals surface area contributed by atoms with Crippen LogP contribution in [-0.4, -0.2) is 59.1 Å². The topological polar surface area (TPSA) is 48.8 Å². The van der Waals surface area contributed by atoms with E-state index in [0.29, 0.717) is 18.2 Å². The van der Waals surface area contributed by atoms with E-state index in [-0.39, 0.29) is 17.1 Å². The number of aliphatic imine (C=N–C) groups is 1. The van der Waals surface area contributed by atoms with Gasteiger partial charge < -0.3 is 9.80 Å². The van der Waals surface area contributed by atoms with Crippen LogP contribution in [0.15, 0.2) is 41.5 Å². The molecular weight excluding hydrogens is 391 g/mol. The molecule has 1 fully saturated rings. The van der Waals surface area contributed by atoms with Crippen molar-refractivity contribution in [2.24, 2.45) is 10.9 Å². The van der Waals surface area contributed by atoms with E-state index in [9.17, 15) is 9.18 Å². The second kappa shape index (κ2) is 7.83. The number of rotatable bonds is 4. The number of likely N-dealkylation sites (tertiary alicyclic amines) is 1. The van der Waals surface area contributed by atoms with Crippen LogP contribution < -0.4 is 0 Å². The summed E-state index contributed by atoms with van der Waals surface area (Å²) in [5.41, 5.74) is 4.87. The Hall–Kier alpha value is -2.60. The highest BCUT2D eigenvalue weighted by atomic mass is 19.1. The zero-order valence-corrected chi connectivity index (χ0v) is 18.3. The van der Waals surface area contributed by atoms with Crippen LogP contribution in [0.25, 0.3) is 0 Å². The van der Waals surface area contributed by atoms with Crippen LogP contribution in [0.5, 0.6) is 0 Å². The van der Waals surface area contributed by atoms with Gasteiger partial charge in [0.15, 0.2) is 0 Å². The zero-order chi connectivity index (χ0) is 21.6. The van der Waals surface area contributed by atoms with Crippen molar-refractivity contribution in [1.82, 2.24) is 14.8 Å². The highest BCUT2D eigenvalue weighted by Crippen LogP contribution is 2.32. The molecule has 0 N–H and O–H groups in total. The lowest BCUT2D eigenvalue weighted by molar-refractivity contribution is 0.0647. The minimum atomic E-state index is -0.182. The van der Waals surface area contributed by atoms with Gasteiger partial charge >= 0.3 is 0 Å². The van der Waals surface area contributed by atoms with Crippen molar-refractivity contribution in [3.63, 3.8) is 0 Å². The van der Waals surface area contributed by atoms with Crippen LogP contribution in [0.2, 0.25) is 0 Å². The molecule has 162 valence electrons. The predicted molar refractivity (Wildman–Crippen MR) is 119 cm³/mol. The molecule has 3 aliphatic rings. The Morgan fingerprint density at radius 1 is 1.16 bits per heavy atom. The van der Waals surface area contributed by atoms with Gasteiger partial charge in [0.2, 0.25) is 0 Å². The molecule has 6 heteroatoms. The van der Waals surface area contributed by atoms with Crippen molar-refractivity contribution < 1.29 is 9.18 Å². The molecule has 31 heavy (non-hydrogen) atoms. The summed E-state index contributed by atoms with van der Waals surface area (Å²) in [6.45, 7) is 9.31. The summed E-state index contributed by atoms with van der Waals surface area (Å²) in [4.78, 5) is 26.5. The van der Waals surface area contributed by atoms with Crippen molar-refractivity contribution in [2.45, 2.75) is 38.6 Å². The minimum Gasteiger partial charge on any atom is -0.335 e. The number of benzene rings is 1. The number of pyridine rings is 1. The number of piperidine rings is 1. The number of hydrogen-bond donors (Lipinski definition) is 0. The Labute approximate surface area is 183 Å². The van der Waals surface area contributed by atoms with Crippen molar-refractivity contribution in [3.8, 4) is 0 Å². The third-order valence-electron chi connectivity index (χ3n) is 7.04. The second-order valence-electron chi connectivity index (χ2n) is 9.63. The second-order valence-corrected chi connectivity index (χ2v) is 9.63. The zero-order valence-electron chi connectivity index (χ0n) is 18.3. The number of hydrogen-bond acceptors (Lipinski definition) is 4. The monoisotopic (exact) mass is 420 g/mol. The summed E-state index contributed by atoms with van der Waals surface area (Å²) in [5, 5.41) is 0. The van der Waals surface area contributed by atoms with Gasteiger partial charge in [0, 0.05) is 48.4 Å². The number of nitrogens with zero attached hydrogens (tertiary/aromatic N) is 4. The highest BCUT2D eigenvalue weighted by Gasteiger charge is 2.37. The molecule has 0 bridgehead atoms. The molecular formula is C25H29FN4O. The molecule has 4 heterocycles. The fraction of sp³-hybridized carbons (Fsp3) is 0.480. The van der Waals surface area contributed by atoms with Gasteiger partial charge in [-0.3, -0.25) is 14.8 Å². The van der Waals surface area contributed by atoms with E-state index in [1.165, 1.54) is 0 Å². The fourth-order valence-corrected chi connectivity index (χ4v) is 5.33. The van der Waals surface area contributed by atoms with E-state index in [1.54, 1.807) is 18.3 Å². The van der Waals surface area contributed by atoms with Crippen LogP contribution in [-0.2, 0) is 12.0 Å². The molecule has 0 radical (unpaired) electrons. The predicted octanol–water partition coefficient (Wildman–Crippen LogP) is 3.67. The van der Waals surface area contributed by atoms with Crippen LogP contribution in [0, 0.1) is 11.7 Å². The molecule has 1 aromatic carbocycles. The standard InChI is InChI=1S/C25H29FN4O/c1-25(2)16-30(24(31)23-21(25)4-3-9-27-23)13-12-29-10-7-17(8-11-29)22-20-6-5-19(26)14-18(20)15-28-22/h3-6,9,14,17H,7-8,10-13,15-16H2,1-2H3. The smallest absolute Gasteiger partial charge is 0.272 e. The van der Waals surface area contributed by atoms with E-state index < -0.39 is 0 Å². The molecule has 0 spiro atoms. The molecule has 1 aromatic heterocycles. The van der Waals surface area contributed by atoms with Gasteiger partial charge in [-0.1, -0.05) is 19.9 Å². The average molecular weight is 421 g/mol. The molecule has 5 nitrogen and oxygen atoms in total. The van der Waals surface area contributed by atoms with E-state index >= 15 is 0 Å². The van der Waals surface area contributed by atoms with Gasteiger partial charge in [-0.05, 0) is 61.3 Å². The number of carbonyl (C=O) groups is 1. The van der Waals surface area contributed by atoms with Gasteiger partial charge in [-0.15, -0.1) is 0 Å². The number of amides is 1. The van der Waals surface area contributed by atoms with Crippen molar-refractivity contribution in [1.29, 1.82) is 0 Å². The number of fused-ring (bicyclic) bond motifs is 2. The minimum absolute atomic E-state index is 0.0500. The van der Waals surface area contributed by atoms with Gasteiger partial charge in [-0.2, -0.15) is 0 Å². The molecule has 2 aromatic rings. The Kier molecular flexibility index (Phi) is 5.13. The number of aromatic nitrogens is 1. The van der Waals surface area contributed by atoms with Gasteiger partial charge in [-0.25, -0.2) is 4.39 Å². The van der Waals surface area contributed by atoms with Gasteiger partial charge in [0.05, 0.1) is 6.54 Å². The fourth-order valence-electron chi connectivity index (χ4n) is 5.33. The molecule has 3 aliphatic heterocycles. The normalized spacial score (nSPS) is 21.1. The van der Waals surface area contributed by atoms with Crippen molar-refractivity contribution in [3.05, 3.63) is 64.7 Å². The molecule has 0 saturated carbocycles. The van der Waals surface area contributed by atoms with Gasteiger partial charge in [0.1, 0.15) is 11.5 Å². The molecule has 5 rings (SSSR count). The summed E-state index contributed by atoms with van der Waals surface area (Å²) in [6, 6.07) is 8.99. The SMILES string of the molecule is CC1(C)CN(CCN2CCC(C3=NCc4cc(F)ccc43)CC2)C(=O)c2ncccc21. The van der Waals surface area contributed by atoms with E-state index in [1.807, 2.05) is 23.1 Å². The van der Waals surface area contributed by atoms with Crippen LogP contribution >= 0.6 is 0 Å². The van der Waals surface area contributed by atoms with Gasteiger partial charge in [0.25, 0.3) is 5.91 Å². The third-order valence-corrected chi connectivity index (χ3v) is 7.04. The summed E-state index contributed by atoms with van der Waals surface area (Å²) in [5.74, 6) is 0.307.